The molecule has 21 heavy (non-hydrogen) atoms. The van der Waals surface area contributed by atoms with E-state index in [1.807, 2.05) is 12.1 Å². The standard InChI is InChI=1S/C15H21N3O2S/c1-15(2,3)12-4-6-13(7-5-12)21(19,20)18-9-8-14-16-10-11-17-14/h4-7,10-11,18H,8-9H2,1-3H3,(H,16,17). The smallest absolute Gasteiger partial charge is 0.240 e. The van der Waals surface area contributed by atoms with Crippen LogP contribution in [-0.2, 0) is 21.9 Å². The van der Waals surface area contributed by atoms with Crippen molar-refractivity contribution < 1.29 is 8.42 Å². The van der Waals surface area contributed by atoms with E-state index in [9.17, 15) is 8.42 Å². The molecule has 0 atom stereocenters. The van der Waals surface area contributed by atoms with Gasteiger partial charge in [0.05, 0.1) is 4.90 Å². The molecule has 1 aromatic carbocycles. The van der Waals surface area contributed by atoms with E-state index in [0.29, 0.717) is 13.0 Å². The normalized spacial score (nSPS) is 12.5. The first-order valence-electron chi connectivity index (χ1n) is 6.87. The van der Waals surface area contributed by atoms with Gasteiger partial charge in [-0.3, -0.25) is 0 Å². The Morgan fingerprint density at radius 2 is 1.86 bits per heavy atom. The monoisotopic (exact) mass is 307 g/mol. The van der Waals surface area contributed by atoms with Crippen LogP contribution in [0.25, 0.3) is 0 Å². The highest BCUT2D eigenvalue weighted by molar-refractivity contribution is 7.89. The number of nitrogens with zero attached hydrogens (tertiary/aromatic N) is 1. The summed E-state index contributed by atoms with van der Waals surface area (Å²) in [6.45, 7) is 6.60. The third kappa shape index (κ3) is 4.15. The minimum atomic E-state index is -3.47. The molecule has 2 N–H and O–H groups in total. The maximum atomic E-state index is 12.2. The minimum absolute atomic E-state index is 0.00894. The van der Waals surface area contributed by atoms with Gasteiger partial charge in [0.15, 0.2) is 0 Å². The van der Waals surface area contributed by atoms with E-state index in [0.717, 1.165) is 11.4 Å². The molecule has 0 saturated carbocycles. The van der Waals surface area contributed by atoms with Crippen molar-refractivity contribution in [1.29, 1.82) is 0 Å². The van der Waals surface area contributed by atoms with E-state index in [-0.39, 0.29) is 10.3 Å². The first-order chi connectivity index (χ1) is 9.79. The van der Waals surface area contributed by atoms with E-state index < -0.39 is 10.0 Å². The van der Waals surface area contributed by atoms with Gasteiger partial charge in [0.1, 0.15) is 5.82 Å². The van der Waals surface area contributed by atoms with Gasteiger partial charge in [-0.15, -0.1) is 0 Å². The number of hydrogen-bond donors (Lipinski definition) is 2. The number of imidazole rings is 1. The molecule has 0 unspecified atom stereocenters. The predicted octanol–water partition coefficient (Wildman–Crippen LogP) is 2.23. The summed E-state index contributed by atoms with van der Waals surface area (Å²) in [5.74, 6) is 0.765. The molecule has 6 heteroatoms. The Kier molecular flexibility index (Phi) is 4.49. The SMILES string of the molecule is CC(C)(C)c1ccc(S(=O)(=O)NCCc2ncc[nH]2)cc1. The molecule has 0 saturated heterocycles. The molecule has 0 bridgehead atoms. The van der Waals surface area contributed by atoms with Crippen molar-refractivity contribution in [3.05, 3.63) is 48.0 Å². The molecule has 2 aromatic rings. The van der Waals surface area contributed by atoms with Gasteiger partial charge in [-0.25, -0.2) is 18.1 Å². The van der Waals surface area contributed by atoms with Gasteiger partial charge in [0, 0.05) is 25.4 Å². The van der Waals surface area contributed by atoms with Crippen LogP contribution in [0, 0.1) is 0 Å². The molecule has 1 aromatic heterocycles. The number of aromatic amines is 1. The summed E-state index contributed by atoms with van der Waals surface area (Å²) >= 11 is 0. The van der Waals surface area contributed by atoms with Gasteiger partial charge in [0.2, 0.25) is 10.0 Å². The van der Waals surface area contributed by atoms with Crippen molar-refractivity contribution in [2.24, 2.45) is 0 Å². The van der Waals surface area contributed by atoms with Gasteiger partial charge in [0.25, 0.3) is 0 Å². The van der Waals surface area contributed by atoms with Crippen molar-refractivity contribution >= 4 is 10.0 Å². The number of sulfonamides is 1. The lowest BCUT2D eigenvalue weighted by atomic mass is 9.87. The van der Waals surface area contributed by atoms with Crippen LogP contribution in [-0.4, -0.2) is 24.9 Å². The number of hydrogen-bond acceptors (Lipinski definition) is 3. The van der Waals surface area contributed by atoms with Gasteiger partial charge in [-0.2, -0.15) is 0 Å². The van der Waals surface area contributed by atoms with Crippen molar-refractivity contribution in [3.8, 4) is 0 Å². The van der Waals surface area contributed by atoms with Crippen LogP contribution in [0.5, 0.6) is 0 Å². The molecular weight excluding hydrogens is 286 g/mol. The van der Waals surface area contributed by atoms with Crippen molar-refractivity contribution in [3.63, 3.8) is 0 Å². The third-order valence-electron chi connectivity index (χ3n) is 3.24. The van der Waals surface area contributed by atoms with Crippen LogP contribution < -0.4 is 4.72 Å². The average Bonchev–Trinajstić information content (AvgIpc) is 2.91. The van der Waals surface area contributed by atoms with Crippen LogP contribution in [0.4, 0.5) is 0 Å². The summed E-state index contributed by atoms with van der Waals surface area (Å²) < 4.78 is 26.9. The van der Waals surface area contributed by atoms with E-state index in [1.165, 1.54) is 0 Å². The lowest BCUT2D eigenvalue weighted by Crippen LogP contribution is -2.26. The first kappa shape index (κ1) is 15.7. The number of rotatable bonds is 5. The summed E-state index contributed by atoms with van der Waals surface area (Å²) in [5.41, 5.74) is 1.12. The molecule has 0 amide bonds. The van der Waals surface area contributed by atoms with Crippen molar-refractivity contribution in [2.45, 2.75) is 37.5 Å². The summed E-state index contributed by atoms with van der Waals surface area (Å²) in [5, 5.41) is 0. The highest BCUT2D eigenvalue weighted by Gasteiger charge is 2.17. The molecule has 0 aliphatic rings. The van der Waals surface area contributed by atoms with Crippen molar-refractivity contribution in [2.75, 3.05) is 6.54 Å². The average molecular weight is 307 g/mol. The van der Waals surface area contributed by atoms with Gasteiger partial charge >= 0.3 is 0 Å². The first-order valence-corrected chi connectivity index (χ1v) is 8.36. The summed E-state index contributed by atoms with van der Waals surface area (Å²) in [7, 11) is -3.47. The van der Waals surface area contributed by atoms with Crippen LogP contribution in [0.3, 0.4) is 0 Å². The van der Waals surface area contributed by atoms with Gasteiger partial charge in [-0.05, 0) is 23.1 Å². The highest BCUT2D eigenvalue weighted by Crippen LogP contribution is 2.23. The summed E-state index contributed by atoms with van der Waals surface area (Å²) in [4.78, 5) is 7.29. The number of H-pyrrole nitrogens is 1. The zero-order valence-electron chi connectivity index (χ0n) is 12.6. The zero-order chi connectivity index (χ0) is 15.5. The molecule has 0 radical (unpaired) electrons. The Balaban J connectivity index is 2.02. The van der Waals surface area contributed by atoms with Crippen LogP contribution in [0.2, 0.25) is 0 Å². The maximum Gasteiger partial charge on any atom is 0.240 e. The van der Waals surface area contributed by atoms with Crippen LogP contribution in [0.15, 0.2) is 41.6 Å². The Hall–Kier alpha value is -1.66. The second-order valence-electron chi connectivity index (χ2n) is 5.96. The minimum Gasteiger partial charge on any atom is -0.349 e. The molecule has 0 aliphatic heterocycles. The molecule has 114 valence electrons. The molecule has 2 rings (SSSR count). The molecule has 0 aliphatic carbocycles. The van der Waals surface area contributed by atoms with E-state index >= 15 is 0 Å². The van der Waals surface area contributed by atoms with E-state index in [1.54, 1.807) is 24.5 Å². The maximum absolute atomic E-state index is 12.2. The van der Waals surface area contributed by atoms with Crippen LogP contribution >= 0.6 is 0 Å². The second-order valence-corrected chi connectivity index (χ2v) is 7.72. The van der Waals surface area contributed by atoms with E-state index in [4.69, 9.17) is 0 Å². The topological polar surface area (TPSA) is 74.8 Å². The number of aromatic nitrogens is 2. The van der Waals surface area contributed by atoms with Crippen molar-refractivity contribution in [1.82, 2.24) is 14.7 Å². The fourth-order valence-electron chi connectivity index (χ4n) is 1.96. The quantitative estimate of drug-likeness (QED) is 0.889. The summed E-state index contributed by atoms with van der Waals surface area (Å²) in [6.07, 6.45) is 3.90. The molecule has 0 fully saturated rings. The Bertz CT molecular complexity index is 669. The largest absolute Gasteiger partial charge is 0.349 e. The Morgan fingerprint density at radius 1 is 1.19 bits per heavy atom. The predicted molar refractivity (Wildman–Crippen MR) is 82.6 cm³/mol. The third-order valence-corrected chi connectivity index (χ3v) is 4.72. The molecule has 0 spiro atoms. The second kappa shape index (κ2) is 5.99. The Labute approximate surface area is 125 Å². The number of nitrogens with one attached hydrogen (secondary N) is 2. The highest BCUT2D eigenvalue weighted by atomic mass is 32.2. The lowest BCUT2D eigenvalue weighted by Gasteiger charge is -2.19. The summed E-state index contributed by atoms with van der Waals surface area (Å²) in [6, 6.07) is 7.02. The zero-order valence-corrected chi connectivity index (χ0v) is 13.4. The van der Waals surface area contributed by atoms with E-state index in [2.05, 4.69) is 35.5 Å². The van der Waals surface area contributed by atoms with Gasteiger partial charge < -0.3 is 4.98 Å². The number of benzene rings is 1. The lowest BCUT2D eigenvalue weighted by molar-refractivity contribution is 0.578. The fourth-order valence-corrected chi connectivity index (χ4v) is 2.99. The molecular formula is C15H21N3O2S. The fraction of sp³-hybridized carbons (Fsp3) is 0.400. The van der Waals surface area contributed by atoms with Crippen LogP contribution in [0.1, 0.15) is 32.2 Å². The Morgan fingerprint density at radius 3 is 2.38 bits per heavy atom. The molecule has 1 heterocycles. The molecule has 5 nitrogen and oxygen atoms in total. The van der Waals surface area contributed by atoms with Gasteiger partial charge in [-0.1, -0.05) is 32.9 Å².